The molecule has 5 nitrogen and oxygen atoms in total. The van der Waals surface area contributed by atoms with Gasteiger partial charge in [-0.25, -0.2) is 8.78 Å². The largest absolute Gasteiger partial charge is 0.435 e. The van der Waals surface area contributed by atoms with Gasteiger partial charge in [0.15, 0.2) is 5.82 Å². The Kier molecular flexibility index (Phi) is 8.52. The number of aromatic nitrogens is 1. The number of hydrogen-bond acceptors (Lipinski definition) is 3. The number of amides is 2. The van der Waals surface area contributed by atoms with Gasteiger partial charge in [0.2, 0.25) is 0 Å². The summed E-state index contributed by atoms with van der Waals surface area (Å²) in [5.41, 5.74) is -8.51. The van der Waals surface area contributed by atoms with Crippen LogP contribution in [-0.4, -0.2) is 35.7 Å². The molecule has 3 aromatic rings. The quantitative estimate of drug-likeness (QED) is 0.251. The molecule has 1 aliphatic rings. The predicted octanol–water partition coefficient (Wildman–Crippen LogP) is 8.34. The average Bonchev–Trinajstić information content (AvgIpc) is 3.72. The minimum atomic E-state index is -6.35. The number of rotatable bonds is 7. The van der Waals surface area contributed by atoms with E-state index in [4.69, 9.17) is 0 Å². The number of nitrogens with one attached hydrogen (secondary N) is 1. The van der Waals surface area contributed by atoms with E-state index in [2.05, 4.69) is 42.2 Å². The lowest BCUT2D eigenvalue weighted by Gasteiger charge is -2.31. The van der Waals surface area contributed by atoms with Gasteiger partial charge in [0.1, 0.15) is 0 Å². The number of alkyl halides is 7. The average molecular weight is 715 g/mol. The third-order valence-electron chi connectivity index (χ3n) is 6.26. The van der Waals surface area contributed by atoms with E-state index >= 15 is 4.39 Å². The van der Waals surface area contributed by atoms with Crippen LogP contribution in [0.5, 0.6) is 0 Å². The van der Waals surface area contributed by atoms with Gasteiger partial charge in [-0.3, -0.25) is 14.6 Å². The van der Waals surface area contributed by atoms with Crippen LogP contribution in [0, 0.1) is 11.7 Å². The first kappa shape index (κ1) is 30.9. The molecule has 41 heavy (non-hydrogen) atoms. The first-order chi connectivity index (χ1) is 19.1. The van der Waals surface area contributed by atoms with Gasteiger partial charge < -0.3 is 10.2 Å². The summed E-state index contributed by atoms with van der Waals surface area (Å²) in [7, 11) is 0. The molecule has 2 amide bonds. The molecule has 2 aromatic carbocycles. The third-order valence-corrected chi connectivity index (χ3v) is 7.52. The van der Waals surface area contributed by atoms with Crippen LogP contribution in [0.25, 0.3) is 0 Å². The Balaban J connectivity index is 1.68. The minimum Gasteiger partial charge on any atom is -0.320 e. The Morgan fingerprint density at radius 1 is 0.951 bits per heavy atom. The second-order valence-electron chi connectivity index (χ2n) is 9.16. The molecule has 4 rings (SSSR count). The van der Waals surface area contributed by atoms with Crippen molar-refractivity contribution < 1.29 is 44.7 Å². The normalized spacial score (nSPS) is 14.1. The second kappa shape index (κ2) is 11.3. The Labute approximate surface area is 244 Å². The number of halogens is 10. The smallest absolute Gasteiger partial charge is 0.320 e. The molecule has 0 atom stereocenters. The maximum absolute atomic E-state index is 15.7. The van der Waals surface area contributed by atoms with Gasteiger partial charge in [-0.15, -0.1) is 0 Å². The van der Waals surface area contributed by atoms with E-state index in [1.165, 1.54) is 41.6 Å². The number of benzene rings is 2. The highest BCUT2D eigenvalue weighted by Gasteiger charge is 2.73. The van der Waals surface area contributed by atoms with Crippen LogP contribution >= 0.6 is 31.9 Å². The van der Waals surface area contributed by atoms with Gasteiger partial charge in [0.25, 0.3) is 11.8 Å². The van der Waals surface area contributed by atoms with Crippen LogP contribution in [0.2, 0.25) is 0 Å². The summed E-state index contributed by atoms with van der Waals surface area (Å²) in [6, 6.07) is 7.13. The van der Waals surface area contributed by atoms with Gasteiger partial charge in [0.05, 0.1) is 22.5 Å². The summed E-state index contributed by atoms with van der Waals surface area (Å²) in [4.78, 5) is 31.3. The van der Waals surface area contributed by atoms with Gasteiger partial charge in [0, 0.05) is 33.4 Å². The Hall–Kier alpha value is -3.07. The van der Waals surface area contributed by atoms with Crippen LogP contribution in [0.3, 0.4) is 0 Å². The van der Waals surface area contributed by atoms with Crippen molar-refractivity contribution in [3.63, 3.8) is 0 Å². The molecule has 1 heterocycles. The molecule has 218 valence electrons. The molecule has 1 N–H and O–H groups in total. The molecule has 15 heteroatoms. The summed E-state index contributed by atoms with van der Waals surface area (Å²) in [5, 5.41) is 2.20. The number of carbonyl (C=O) groups is 2. The maximum Gasteiger partial charge on any atom is 0.435 e. The van der Waals surface area contributed by atoms with Crippen molar-refractivity contribution in [2.45, 2.75) is 30.9 Å². The molecule has 1 aliphatic carbocycles. The van der Waals surface area contributed by atoms with E-state index in [0.29, 0.717) is 0 Å². The number of nitrogens with zero attached hydrogens (tertiary/aromatic N) is 2. The SMILES string of the molecule is O=C(Nc1c(Br)cc(C(F)(C(F)(F)F)C(F)(F)F)cc1Br)c1cccc(N(CC2CC2)C(=O)c2cccnc2)c1F. The highest BCUT2D eigenvalue weighted by atomic mass is 79.9. The van der Waals surface area contributed by atoms with Gasteiger partial charge in [-0.05, 0) is 87.0 Å². The van der Waals surface area contributed by atoms with E-state index in [9.17, 15) is 40.3 Å². The maximum atomic E-state index is 15.7. The van der Waals surface area contributed by atoms with E-state index in [-0.39, 0.29) is 35.8 Å². The van der Waals surface area contributed by atoms with Crippen LogP contribution in [0.1, 0.15) is 39.1 Å². The lowest BCUT2D eigenvalue weighted by atomic mass is 9.94. The monoisotopic (exact) mass is 713 g/mol. The number of pyridine rings is 1. The molecule has 0 bridgehead atoms. The minimum absolute atomic E-state index is 0.119. The third kappa shape index (κ3) is 6.10. The number of carbonyl (C=O) groups excluding carboxylic acids is 2. The summed E-state index contributed by atoms with van der Waals surface area (Å²) in [6.45, 7) is 0.164. The molecular weight excluding hydrogens is 698 g/mol. The van der Waals surface area contributed by atoms with Crippen molar-refractivity contribution in [3.05, 3.63) is 86.3 Å². The predicted molar refractivity (Wildman–Crippen MR) is 140 cm³/mol. The van der Waals surface area contributed by atoms with Crippen molar-refractivity contribution in [1.82, 2.24) is 4.98 Å². The molecular formula is C26H17Br2F8N3O2. The summed E-state index contributed by atoms with van der Waals surface area (Å²) in [5.74, 6) is -2.68. The highest BCUT2D eigenvalue weighted by molar-refractivity contribution is 9.11. The van der Waals surface area contributed by atoms with Crippen molar-refractivity contribution >= 4 is 55.0 Å². The van der Waals surface area contributed by atoms with Crippen molar-refractivity contribution in [3.8, 4) is 0 Å². The van der Waals surface area contributed by atoms with Crippen molar-refractivity contribution in [2.75, 3.05) is 16.8 Å². The topological polar surface area (TPSA) is 62.3 Å². The first-order valence-electron chi connectivity index (χ1n) is 11.7. The van der Waals surface area contributed by atoms with Gasteiger partial charge in [-0.1, -0.05) is 6.07 Å². The number of hydrogen-bond donors (Lipinski definition) is 1. The number of anilines is 2. The molecule has 0 radical (unpaired) electrons. The Morgan fingerprint density at radius 3 is 2.07 bits per heavy atom. The van der Waals surface area contributed by atoms with Crippen LogP contribution in [-0.2, 0) is 5.67 Å². The van der Waals surface area contributed by atoms with E-state index in [0.717, 1.165) is 18.9 Å². The highest BCUT2D eigenvalue weighted by Crippen LogP contribution is 2.54. The first-order valence-corrected chi connectivity index (χ1v) is 13.3. The molecule has 1 saturated carbocycles. The molecule has 0 unspecified atom stereocenters. The Morgan fingerprint density at radius 2 is 1.56 bits per heavy atom. The van der Waals surface area contributed by atoms with E-state index in [1.54, 1.807) is 0 Å². The van der Waals surface area contributed by atoms with E-state index < -0.39 is 61.4 Å². The molecule has 1 fully saturated rings. The fourth-order valence-corrected chi connectivity index (χ4v) is 5.34. The van der Waals surface area contributed by atoms with Crippen molar-refractivity contribution in [2.24, 2.45) is 5.92 Å². The fraction of sp³-hybridized carbons (Fsp3) is 0.269. The van der Waals surface area contributed by atoms with Crippen molar-refractivity contribution in [1.29, 1.82) is 0 Å². The molecule has 0 aliphatic heterocycles. The zero-order valence-corrected chi connectivity index (χ0v) is 23.6. The summed E-state index contributed by atoms with van der Waals surface area (Å²) in [6.07, 6.45) is -8.30. The molecule has 0 saturated heterocycles. The molecule has 0 spiro atoms. The zero-order valence-electron chi connectivity index (χ0n) is 20.4. The lowest BCUT2D eigenvalue weighted by molar-refractivity contribution is -0.348. The van der Waals surface area contributed by atoms with Crippen LogP contribution in [0.4, 0.5) is 46.5 Å². The van der Waals surface area contributed by atoms with Crippen LogP contribution in [0.15, 0.2) is 63.8 Å². The Bertz CT molecular complexity index is 1440. The van der Waals surface area contributed by atoms with E-state index in [1.807, 2.05) is 0 Å². The molecule has 1 aromatic heterocycles. The standard InChI is InChI=1S/C26H17Br2F8N3O2/c27-17-9-15(24(30,25(31,32)33)26(34,35)36)10-18(28)21(17)38-22(40)16-4-1-5-19(20(16)29)39(12-13-6-7-13)23(41)14-3-2-8-37-11-14/h1-5,8-11,13H,6-7,12H2,(H,38,40). The van der Waals surface area contributed by atoms with Gasteiger partial charge in [-0.2, -0.15) is 26.3 Å². The zero-order chi connectivity index (χ0) is 30.3. The van der Waals surface area contributed by atoms with Crippen LogP contribution < -0.4 is 10.2 Å². The fourth-order valence-electron chi connectivity index (χ4n) is 3.96. The second-order valence-corrected chi connectivity index (χ2v) is 10.9. The summed E-state index contributed by atoms with van der Waals surface area (Å²) < 4.78 is 108. The van der Waals surface area contributed by atoms with Gasteiger partial charge >= 0.3 is 18.0 Å². The summed E-state index contributed by atoms with van der Waals surface area (Å²) >= 11 is 5.52. The lowest BCUT2D eigenvalue weighted by Crippen LogP contribution is -2.50.